The monoisotopic (exact) mass is 317 g/mol. The van der Waals surface area contributed by atoms with Crippen molar-refractivity contribution in [3.8, 4) is 0 Å². The van der Waals surface area contributed by atoms with Crippen LogP contribution in [0.3, 0.4) is 0 Å². The summed E-state index contributed by atoms with van der Waals surface area (Å²) in [5.74, 6) is -1.55. The first-order chi connectivity index (χ1) is 8.49. The van der Waals surface area contributed by atoms with Crippen LogP contribution in [-0.4, -0.2) is 23.5 Å². The minimum atomic E-state index is -0.892. The predicted molar refractivity (Wildman–Crippen MR) is 67.7 cm³/mol. The standard InChI is InChI=1S/C12H13BrFNO3/c13-10-4-3-9(14)6-8(10)7-11(16)15-5-1-2-12(17)18/h3-4,6H,1-2,5,7H2,(H,15,16)(H,17,18). The number of nitrogens with one attached hydrogen (secondary N) is 1. The minimum absolute atomic E-state index is 0.0178. The average Bonchev–Trinajstić information content (AvgIpc) is 2.29. The predicted octanol–water partition coefficient (Wildman–Crippen LogP) is 2.11. The van der Waals surface area contributed by atoms with Gasteiger partial charge in [-0.2, -0.15) is 0 Å². The van der Waals surface area contributed by atoms with Crippen LogP contribution in [0.1, 0.15) is 18.4 Å². The van der Waals surface area contributed by atoms with Crippen molar-refractivity contribution in [3.63, 3.8) is 0 Å². The molecule has 0 bridgehead atoms. The molecule has 0 unspecified atom stereocenters. The fourth-order valence-corrected chi connectivity index (χ4v) is 1.77. The summed E-state index contributed by atoms with van der Waals surface area (Å²) in [6.45, 7) is 0.304. The Morgan fingerprint density at radius 3 is 2.78 bits per heavy atom. The molecule has 0 saturated carbocycles. The van der Waals surface area contributed by atoms with Gasteiger partial charge in [0.2, 0.25) is 5.91 Å². The number of carboxylic acid groups (broad SMARTS) is 1. The molecule has 0 atom stereocenters. The smallest absolute Gasteiger partial charge is 0.303 e. The molecule has 0 fully saturated rings. The number of amides is 1. The maximum atomic E-state index is 13.0. The van der Waals surface area contributed by atoms with E-state index < -0.39 is 11.8 Å². The summed E-state index contributed by atoms with van der Waals surface area (Å²) in [6, 6.07) is 4.14. The lowest BCUT2D eigenvalue weighted by Crippen LogP contribution is -2.26. The van der Waals surface area contributed by atoms with Crippen LogP contribution in [0.4, 0.5) is 4.39 Å². The van der Waals surface area contributed by atoms with Gasteiger partial charge in [0.05, 0.1) is 6.42 Å². The molecule has 1 rings (SSSR count). The van der Waals surface area contributed by atoms with Gasteiger partial charge >= 0.3 is 5.97 Å². The van der Waals surface area contributed by atoms with Crippen molar-refractivity contribution in [1.29, 1.82) is 0 Å². The van der Waals surface area contributed by atoms with Crippen molar-refractivity contribution in [3.05, 3.63) is 34.1 Å². The van der Waals surface area contributed by atoms with E-state index in [0.717, 1.165) is 0 Å². The third kappa shape index (κ3) is 5.27. The Labute approximate surface area is 112 Å². The SMILES string of the molecule is O=C(O)CCCNC(=O)Cc1cc(F)ccc1Br. The fourth-order valence-electron chi connectivity index (χ4n) is 1.38. The number of hydrogen-bond donors (Lipinski definition) is 2. The Morgan fingerprint density at radius 2 is 2.11 bits per heavy atom. The zero-order valence-corrected chi connectivity index (χ0v) is 11.2. The second kappa shape index (κ2) is 7.10. The largest absolute Gasteiger partial charge is 0.481 e. The summed E-state index contributed by atoms with van der Waals surface area (Å²) < 4.78 is 13.6. The summed E-state index contributed by atoms with van der Waals surface area (Å²) in [6.07, 6.45) is 0.459. The molecular weight excluding hydrogens is 305 g/mol. The van der Waals surface area contributed by atoms with Crippen LogP contribution in [0.25, 0.3) is 0 Å². The number of carbonyl (C=O) groups is 2. The highest BCUT2D eigenvalue weighted by atomic mass is 79.9. The van der Waals surface area contributed by atoms with Crippen molar-refractivity contribution in [1.82, 2.24) is 5.32 Å². The van der Waals surface area contributed by atoms with Crippen LogP contribution in [-0.2, 0) is 16.0 Å². The number of halogens is 2. The zero-order chi connectivity index (χ0) is 13.5. The first kappa shape index (κ1) is 14.6. The van der Waals surface area contributed by atoms with E-state index in [4.69, 9.17) is 5.11 Å². The molecule has 6 heteroatoms. The lowest BCUT2D eigenvalue weighted by Gasteiger charge is -2.06. The number of benzene rings is 1. The molecule has 18 heavy (non-hydrogen) atoms. The molecule has 2 N–H and O–H groups in total. The van der Waals surface area contributed by atoms with Gasteiger partial charge in [-0.05, 0) is 30.2 Å². The van der Waals surface area contributed by atoms with E-state index in [9.17, 15) is 14.0 Å². The van der Waals surface area contributed by atoms with E-state index in [1.807, 2.05) is 0 Å². The van der Waals surface area contributed by atoms with Crippen LogP contribution in [0, 0.1) is 5.82 Å². The Bertz CT molecular complexity index is 451. The third-order valence-corrected chi connectivity index (χ3v) is 3.02. The highest BCUT2D eigenvalue weighted by molar-refractivity contribution is 9.10. The lowest BCUT2D eigenvalue weighted by molar-refractivity contribution is -0.137. The van der Waals surface area contributed by atoms with Gasteiger partial charge in [-0.25, -0.2) is 4.39 Å². The first-order valence-corrected chi connectivity index (χ1v) is 6.21. The number of carbonyl (C=O) groups excluding carboxylic acids is 1. The van der Waals surface area contributed by atoms with E-state index in [0.29, 0.717) is 23.0 Å². The molecule has 0 saturated heterocycles. The Kier molecular flexibility index (Phi) is 5.77. The summed E-state index contributed by atoms with van der Waals surface area (Å²) in [4.78, 5) is 21.8. The maximum Gasteiger partial charge on any atom is 0.303 e. The number of rotatable bonds is 6. The van der Waals surface area contributed by atoms with E-state index in [2.05, 4.69) is 21.2 Å². The molecule has 0 aliphatic carbocycles. The van der Waals surface area contributed by atoms with Crippen LogP contribution in [0.5, 0.6) is 0 Å². The molecule has 0 spiro atoms. The molecule has 98 valence electrons. The second-order valence-corrected chi connectivity index (χ2v) is 4.61. The molecule has 0 aliphatic heterocycles. The lowest BCUT2D eigenvalue weighted by atomic mass is 10.1. The topological polar surface area (TPSA) is 66.4 Å². The van der Waals surface area contributed by atoms with E-state index in [-0.39, 0.29) is 18.7 Å². The molecule has 1 aromatic carbocycles. The van der Waals surface area contributed by atoms with E-state index in [1.54, 1.807) is 6.07 Å². The van der Waals surface area contributed by atoms with Gasteiger partial charge in [0.15, 0.2) is 0 Å². The summed E-state index contributed by atoms with van der Waals surface area (Å²) in [5.41, 5.74) is 0.561. The maximum absolute atomic E-state index is 13.0. The van der Waals surface area contributed by atoms with Crippen molar-refractivity contribution >= 4 is 27.8 Å². The van der Waals surface area contributed by atoms with Gasteiger partial charge in [-0.3, -0.25) is 9.59 Å². The molecule has 0 aromatic heterocycles. The van der Waals surface area contributed by atoms with Crippen LogP contribution < -0.4 is 5.32 Å². The highest BCUT2D eigenvalue weighted by Gasteiger charge is 2.07. The van der Waals surface area contributed by atoms with Gasteiger partial charge in [0.25, 0.3) is 0 Å². The highest BCUT2D eigenvalue weighted by Crippen LogP contribution is 2.18. The minimum Gasteiger partial charge on any atom is -0.481 e. The quantitative estimate of drug-likeness (QED) is 0.790. The molecule has 0 radical (unpaired) electrons. The Balaban J connectivity index is 2.40. The Morgan fingerprint density at radius 1 is 1.39 bits per heavy atom. The van der Waals surface area contributed by atoms with Crippen molar-refractivity contribution in [2.45, 2.75) is 19.3 Å². The first-order valence-electron chi connectivity index (χ1n) is 5.41. The molecule has 1 aromatic rings. The number of hydrogen-bond acceptors (Lipinski definition) is 2. The fraction of sp³-hybridized carbons (Fsp3) is 0.333. The molecule has 1 amide bonds. The molecule has 0 aliphatic rings. The van der Waals surface area contributed by atoms with Crippen LogP contribution in [0.15, 0.2) is 22.7 Å². The summed E-state index contributed by atoms with van der Waals surface area (Å²) in [7, 11) is 0. The van der Waals surface area contributed by atoms with Crippen LogP contribution in [0.2, 0.25) is 0 Å². The van der Waals surface area contributed by atoms with Crippen molar-refractivity contribution < 1.29 is 19.1 Å². The molecule has 0 heterocycles. The van der Waals surface area contributed by atoms with Crippen molar-refractivity contribution in [2.75, 3.05) is 6.54 Å². The van der Waals surface area contributed by atoms with E-state index in [1.165, 1.54) is 12.1 Å². The van der Waals surface area contributed by atoms with Gasteiger partial charge in [-0.15, -0.1) is 0 Å². The summed E-state index contributed by atoms with van der Waals surface area (Å²) >= 11 is 3.24. The normalized spacial score (nSPS) is 10.1. The van der Waals surface area contributed by atoms with Gasteiger partial charge in [-0.1, -0.05) is 15.9 Å². The molecule has 4 nitrogen and oxygen atoms in total. The van der Waals surface area contributed by atoms with E-state index >= 15 is 0 Å². The zero-order valence-electron chi connectivity index (χ0n) is 9.58. The van der Waals surface area contributed by atoms with Gasteiger partial charge in [0, 0.05) is 17.4 Å². The average molecular weight is 318 g/mol. The number of carboxylic acids is 1. The summed E-state index contributed by atoms with van der Waals surface area (Å²) in [5, 5.41) is 11.0. The van der Waals surface area contributed by atoms with Gasteiger partial charge < -0.3 is 10.4 Å². The number of aliphatic carboxylic acids is 1. The second-order valence-electron chi connectivity index (χ2n) is 3.76. The third-order valence-electron chi connectivity index (χ3n) is 2.25. The molecular formula is C12H13BrFNO3. The van der Waals surface area contributed by atoms with Crippen LogP contribution >= 0.6 is 15.9 Å². The van der Waals surface area contributed by atoms with Crippen molar-refractivity contribution in [2.24, 2.45) is 0 Å². The van der Waals surface area contributed by atoms with Gasteiger partial charge in [0.1, 0.15) is 5.82 Å². The Hall–Kier alpha value is -1.43.